The Kier molecular flexibility index (Phi) is 4.83. The molecule has 0 saturated carbocycles. The fourth-order valence-electron chi connectivity index (χ4n) is 2.44. The van der Waals surface area contributed by atoms with Gasteiger partial charge in [0, 0.05) is 5.56 Å². The summed E-state index contributed by atoms with van der Waals surface area (Å²) >= 11 is 0. The van der Waals surface area contributed by atoms with Crippen LogP contribution in [0, 0.1) is 0 Å². The van der Waals surface area contributed by atoms with Gasteiger partial charge in [-0.3, -0.25) is 0 Å². The first-order chi connectivity index (χ1) is 12.4. The van der Waals surface area contributed by atoms with Crippen molar-refractivity contribution in [2.75, 3.05) is 14.2 Å². The maximum atomic E-state index is 12.8. The molecule has 0 aliphatic heterocycles. The van der Waals surface area contributed by atoms with E-state index in [9.17, 15) is 13.2 Å². The monoisotopic (exact) mass is 364 g/mol. The topological polar surface area (TPSA) is 57.4 Å². The number of nitrogens with zero attached hydrogens (tertiary/aromatic N) is 2. The lowest BCUT2D eigenvalue weighted by Gasteiger charge is -2.08. The molecule has 0 bridgehead atoms. The Morgan fingerprint density at radius 2 is 1.77 bits per heavy atom. The van der Waals surface area contributed by atoms with E-state index in [2.05, 4.69) is 10.1 Å². The summed E-state index contributed by atoms with van der Waals surface area (Å²) in [5, 5.41) is 3.77. The van der Waals surface area contributed by atoms with Crippen molar-refractivity contribution < 1.29 is 27.2 Å². The van der Waals surface area contributed by atoms with E-state index in [1.165, 1.54) is 26.4 Å². The van der Waals surface area contributed by atoms with Gasteiger partial charge in [0.15, 0.2) is 11.5 Å². The highest BCUT2D eigenvalue weighted by Gasteiger charge is 2.30. The number of ether oxygens (including phenoxy) is 2. The first-order valence-electron chi connectivity index (χ1n) is 7.62. The molecule has 0 aliphatic carbocycles. The molecule has 3 aromatic rings. The summed E-state index contributed by atoms with van der Waals surface area (Å²) in [4.78, 5) is 4.18. The molecule has 0 atom stereocenters. The van der Waals surface area contributed by atoms with Crippen LogP contribution >= 0.6 is 0 Å². The number of rotatable bonds is 5. The van der Waals surface area contributed by atoms with Crippen molar-refractivity contribution in [3.05, 3.63) is 59.5 Å². The molecule has 26 heavy (non-hydrogen) atoms. The Morgan fingerprint density at radius 3 is 2.46 bits per heavy atom. The highest BCUT2D eigenvalue weighted by atomic mass is 19.4. The third-order valence-corrected chi connectivity index (χ3v) is 3.72. The van der Waals surface area contributed by atoms with E-state index in [1.807, 2.05) is 6.07 Å². The predicted molar refractivity (Wildman–Crippen MR) is 87.1 cm³/mol. The molecule has 0 aliphatic rings. The molecule has 0 amide bonds. The van der Waals surface area contributed by atoms with Gasteiger partial charge in [-0.1, -0.05) is 23.4 Å². The number of hydrogen-bond acceptors (Lipinski definition) is 5. The summed E-state index contributed by atoms with van der Waals surface area (Å²) in [6.45, 7) is 0. The van der Waals surface area contributed by atoms with Crippen LogP contribution in [0.1, 0.15) is 17.0 Å². The van der Waals surface area contributed by atoms with Crippen molar-refractivity contribution in [2.45, 2.75) is 12.6 Å². The molecule has 136 valence electrons. The fourth-order valence-corrected chi connectivity index (χ4v) is 2.44. The molecule has 3 rings (SSSR count). The van der Waals surface area contributed by atoms with Crippen LogP contribution in [0.4, 0.5) is 13.2 Å². The van der Waals surface area contributed by atoms with Crippen LogP contribution in [-0.4, -0.2) is 24.4 Å². The van der Waals surface area contributed by atoms with E-state index in [-0.39, 0.29) is 17.3 Å². The molecule has 2 aromatic carbocycles. The minimum Gasteiger partial charge on any atom is -0.493 e. The summed E-state index contributed by atoms with van der Waals surface area (Å²) in [7, 11) is 3.07. The molecule has 0 spiro atoms. The normalized spacial score (nSPS) is 11.4. The Balaban J connectivity index is 1.83. The van der Waals surface area contributed by atoms with Crippen LogP contribution < -0.4 is 9.47 Å². The molecule has 1 heterocycles. The lowest BCUT2D eigenvalue weighted by Crippen LogP contribution is -2.04. The smallest absolute Gasteiger partial charge is 0.416 e. The number of halogens is 3. The maximum Gasteiger partial charge on any atom is 0.416 e. The van der Waals surface area contributed by atoms with Gasteiger partial charge in [-0.05, 0) is 29.8 Å². The second-order valence-corrected chi connectivity index (χ2v) is 5.46. The van der Waals surface area contributed by atoms with Gasteiger partial charge in [-0.2, -0.15) is 18.2 Å². The molecular weight excluding hydrogens is 349 g/mol. The van der Waals surface area contributed by atoms with Gasteiger partial charge in [0.25, 0.3) is 0 Å². The Hall–Kier alpha value is -3.03. The van der Waals surface area contributed by atoms with E-state index >= 15 is 0 Å². The van der Waals surface area contributed by atoms with Gasteiger partial charge in [-0.25, -0.2) is 0 Å². The summed E-state index contributed by atoms with van der Waals surface area (Å²) in [5.41, 5.74) is 0.310. The van der Waals surface area contributed by atoms with E-state index < -0.39 is 11.7 Å². The predicted octanol–water partition coefficient (Wildman–Crippen LogP) is 4.36. The molecule has 0 fully saturated rings. The van der Waals surface area contributed by atoms with Gasteiger partial charge < -0.3 is 14.0 Å². The number of hydrogen-bond donors (Lipinski definition) is 0. The van der Waals surface area contributed by atoms with Crippen LogP contribution in [0.2, 0.25) is 0 Å². The molecule has 0 radical (unpaired) electrons. The average molecular weight is 364 g/mol. The molecule has 0 unspecified atom stereocenters. The van der Waals surface area contributed by atoms with Crippen LogP contribution in [0.5, 0.6) is 11.5 Å². The van der Waals surface area contributed by atoms with Crippen molar-refractivity contribution in [3.8, 4) is 22.9 Å². The Morgan fingerprint density at radius 1 is 1.00 bits per heavy atom. The number of methoxy groups -OCH3 is 2. The zero-order chi connectivity index (χ0) is 18.7. The van der Waals surface area contributed by atoms with Crippen LogP contribution in [-0.2, 0) is 12.6 Å². The van der Waals surface area contributed by atoms with Crippen LogP contribution in [0.25, 0.3) is 11.4 Å². The fraction of sp³-hybridized carbons (Fsp3) is 0.222. The van der Waals surface area contributed by atoms with Crippen molar-refractivity contribution in [3.63, 3.8) is 0 Å². The van der Waals surface area contributed by atoms with Gasteiger partial charge in [0.2, 0.25) is 11.7 Å². The third-order valence-electron chi connectivity index (χ3n) is 3.72. The largest absolute Gasteiger partial charge is 0.493 e. The van der Waals surface area contributed by atoms with Gasteiger partial charge in [0.05, 0.1) is 26.2 Å². The molecular formula is C18H15F3N2O3. The van der Waals surface area contributed by atoms with Gasteiger partial charge >= 0.3 is 6.18 Å². The first-order valence-corrected chi connectivity index (χ1v) is 7.62. The van der Waals surface area contributed by atoms with Crippen LogP contribution in [0.15, 0.2) is 47.0 Å². The lowest BCUT2D eigenvalue weighted by atomic mass is 10.1. The van der Waals surface area contributed by atoms with Crippen molar-refractivity contribution in [1.29, 1.82) is 0 Å². The van der Waals surface area contributed by atoms with E-state index in [1.54, 1.807) is 12.1 Å². The number of benzene rings is 2. The summed E-state index contributed by atoms with van der Waals surface area (Å²) in [6, 6.07) is 10.1. The molecule has 1 aromatic heterocycles. The standard InChI is InChI=1S/C18H15F3N2O3/c1-24-14-7-6-11(8-15(14)25-2)9-16-22-17(23-26-16)12-4-3-5-13(10-12)18(19,20)21/h3-8,10H,9H2,1-2H3. The van der Waals surface area contributed by atoms with Gasteiger partial charge in [-0.15, -0.1) is 0 Å². The van der Waals surface area contributed by atoms with Crippen molar-refractivity contribution >= 4 is 0 Å². The maximum absolute atomic E-state index is 12.8. The SMILES string of the molecule is COc1ccc(Cc2nc(-c3cccc(C(F)(F)F)c3)no2)cc1OC. The molecule has 5 nitrogen and oxygen atoms in total. The highest BCUT2D eigenvalue weighted by molar-refractivity contribution is 5.56. The quantitative estimate of drug-likeness (QED) is 0.673. The second-order valence-electron chi connectivity index (χ2n) is 5.46. The minimum atomic E-state index is -4.43. The minimum absolute atomic E-state index is 0.103. The zero-order valence-corrected chi connectivity index (χ0v) is 14.0. The van der Waals surface area contributed by atoms with E-state index in [4.69, 9.17) is 14.0 Å². The van der Waals surface area contributed by atoms with Gasteiger partial charge in [0.1, 0.15) is 0 Å². The molecule has 8 heteroatoms. The molecule has 0 N–H and O–H groups in total. The van der Waals surface area contributed by atoms with Crippen molar-refractivity contribution in [1.82, 2.24) is 10.1 Å². The average Bonchev–Trinajstić information content (AvgIpc) is 3.09. The first kappa shape index (κ1) is 17.8. The number of alkyl halides is 3. The summed E-state index contributed by atoms with van der Waals surface area (Å²) in [5.74, 6) is 1.53. The van der Waals surface area contributed by atoms with E-state index in [0.29, 0.717) is 17.9 Å². The summed E-state index contributed by atoms with van der Waals surface area (Å²) in [6.07, 6.45) is -4.12. The Bertz CT molecular complexity index is 907. The second kappa shape index (κ2) is 7.07. The zero-order valence-electron chi connectivity index (χ0n) is 14.0. The lowest BCUT2D eigenvalue weighted by molar-refractivity contribution is -0.137. The molecule has 0 saturated heterocycles. The van der Waals surface area contributed by atoms with Crippen molar-refractivity contribution in [2.24, 2.45) is 0 Å². The van der Waals surface area contributed by atoms with Crippen LogP contribution in [0.3, 0.4) is 0 Å². The Labute approximate surface area is 147 Å². The highest BCUT2D eigenvalue weighted by Crippen LogP contribution is 2.32. The number of aromatic nitrogens is 2. The van der Waals surface area contributed by atoms with E-state index in [0.717, 1.165) is 17.7 Å². The summed E-state index contributed by atoms with van der Waals surface area (Å²) < 4.78 is 54.0. The third kappa shape index (κ3) is 3.79.